The van der Waals surface area contributed by atoms with E-state index in [1.165, 1.54) is 24.0 Å². The SMILES string of the molecule is C[C@H](OC(=O)C1(c2ccc(F)cc2)CCCC1)C(=O)N(C)[C@@H]1CCS(=O)(=O)C1. The number of carbonyl (C=O) groups excluding carboxylic acids is 2. The molecule has 28 heavy (non-hydrogen) atoms. The van der Waals surface area contributed by atoms with Crippen LogP contribution >= 0.6 is 0 Å². The summed E-state index contributed by atoms with van der Waals surface area (Å²) in [6.07, 6.45) is 2.27. The fourth-order valence-corrected chi connectivity index (χ4v) is 6.00. The van der Waals surface area contributed by atoms with E-state index in [0.29, 0.717) is 24.8 Å². The third-order valence-corrected chi connectivity index (χ3v) is 7.73. The van der Waals surface area contributed by atoms with Gasteiger partial charge in [-0.25, -0.2) is 12.8 Å². The number of ether oxygens (including phenoxy) is 1. The van der Waals surface area contributed by atoms with Gasteiger partial charge in [-0.05, 0) is 43.9 Å². The second-order valence-electron chi connectivity index (χ2n) is 7.85. The van der Waals surface area contributed by atoms with Gasteiger partial charge in [0.15, 0.2) is 15.9 Å². The maximum Gasteiger partial charge on any atom is 0.317 e. The van der Waals surface area contributed by atoms with Crippen molar-refractivity contribution in [3.8, 4) is 0 Å². The molecule has 2 atom stereocenters. The van der Waals surface area contributed by atoms with Gasteiger partial charge in [0, 0.05) is 13.1 Å². The van der Waals surface area contributed by atoms with Crippen LogP contribution in [0.3, 0.4) is 0 Å². The molecule has 3 rings (SSSR count). The molecule has 1 amide bonds. The van der Waals surface area contributed by atoms with E-state index >= 15 is 0 Å². The maximum absolute atomic E-state index is 13.3. The highest BCUT2D eigenvalue weighted by Crippen LogP contribution is 2.42. The number of hydrogen-bond donors (Lipinski definition) is 0. The zero-order chi connectivity index (χ0) is 20.5. The monoisotopic (exact) mass is 411 g/mol. The van der Waals surface area contributed by atoms with Gasteiger partial charge in [-0.1, -0.05) is 25.0 Å². The molecule has 6 nitrogen and oxygen atoms in total. The Hall–Kier alpha value is -1.96. The first-order valence-corrected chi connectivity index (χ1v) is 11.4. The second-order valence-corrected chi connectivity index (χ2v) is 10.1. The predicted octanol–water partition coefficient (Wildman–Crippen LogP) is 2.21. The number of likely N-dealkylation sites (N-methyl/N-ethyl adjacent to an activating group) is 1. The van der Waals surface area contributed by atoms with E-state index in [-0.39, 0.29) is 17.3 Å². The van der Waals surface area contributed by atoms with Crippen molar-refractivity contribution in [1.29, 1.82) is 0 Å². The molecule has 154 valence electrons. The van der Waals surface area contributed by atoms with E-state index in [1.54, 1.807) is 19.2 Å². The van der Waals surface area contributed by atoms with Crippen molar-refractivity contribution >= 4 is 21.7 Å². The molecule has 1 saturated heterocycles. The summed E-state index contributed by atoms with van der Waals surface area (Å²) >= 11 is 0. The molecule has 1 saturated carbocycles. The van der Waals surface area contributed by atoms with Crippen molar-refractivity contribution in [2.24, 2.45) is 0 Å². The third kappa shape index (κ3) is 4.06. The predicted molar refractivity (Wildman–Crippen MR) is 102 cm³/mol. The lowest BCUT2D eigenvalue weighted by Crippen LogP contribution is -2.46. The van der Waals surface area contributed by atoms with Gasteiger partial charge < -0.3 is 9.64 Å². The van der Waals surface area contributed by atoms with Gasteiger partial charge in [-0.15, -0.1) is 0 Å². The lowest BCUT2D eigenvalue weighted by Gasteiger charge is -2.31. The van der Waals surface area contributed by atoms with Gasteiger partial charge in [-0.3, -0.25) is 9.59 Å². The van der Waals surface area contributed by atoms with Crippen molar-refractivity contribution < 1.29 is 27.1 Å². The summed E-state index contributed by atoms with van der Waals surface area (Å²) in [6, 6.07) is 5.46. The molecule has 8 heteroatoms. The Morgan fingerprint density at radius 1 is 1.21 bits per heavy atom. The van der Waals surface area contributed by atoms with E-state index < -0.39 is 39.3 Å². The summed E-state index contributed by atoms with van der Waals surface area (Å²) in [6.45, 7) is 1.51. The van der Waals surface area contributed by atoms with Crippen molar-refractivity contribution in [3.63, 3.8) is 0 Å². The third-order valence-electron chi connectivity index (χ3n) is 5.98. The van der Waals surface area contributed by atoms with Gasteiger partial charge in [0.2, 0.25) is 0 Å². The van der Waals surface area contributed by atoms with E-state index in [1.807, 2.05) is 0 Å². The molecule has 2 fully saturated rings. The maximum atomic E-state index is 13.3. The molecular weight excluding hydrogens is 385 g/mol. The Morgan fingerprint density at radius 3 is 2.36 bits per heavy atom. The van der Waals surface area contributed by atoms with Crippen LogP contribution in [0.1, 0.15) is 44.6 Å². The number of sulfone groups is 1. The van der Waals surface area contributed by atoms with Crippen LogP contribution in [0.2, 0.25) is 0 Å². The lowest BCUT2D eigenvalue weighted by molar-refractivity contribution is -0.164. The first kappa shape index (κ1) is 20.8. The van der Waals surface area contributed by atoms with Gasteiger partial charge in [0.05, 0.1) is 16.9 Å². The van der Waals surface area contributed by atoms with Crippen LogP contribution < -0.4 is 0 Å². The number of carbonyl (C=O) groups is 2. The molecule has 1 aliphatic heterocycles. The fraction of sp³-hybridized carbons (Fsp3) is 0.600. The average molecular weight is 411 g/mol. The van der Waals surface area contributed by atoms with Crippen LogP contribution in [0.25, 0.3) is 0 Å². The van der Waals surface area contributed by atoms with Crippen LogP contribution in [0.5, 0.6) is 0 Å². The van der Waals surface area contributed by atoms with Crippen LogP contribution in [-0.4, -0.2) is 55.9 Å². The summed E-state index contributed by atoms with van der Waals surface area (Å²) in [5.74, 6) is -1.26. The minimum atomic E-state index is -3.12. The summed E-state index contributed by atoms with van der Waals surface area (Å²) in [7, 11) is -1.57. The first-order valence-electron chi connectivity index (χ1n) is 9.59. The summed E-state index contributed by atoms with van der Waals surface area (Å²) < 4.78 is 42.2. The van der Waals surface area contributed by atoms with E-state index in [0.717, 1.165) is 12.8 Å². The van der Waals surface area contributed by atoms with Gasteiger partial charge in [-0.2, -0.15) is 0 Å². The summed E-state index contributed by atoms with van der Waals surface area (Å²) in [5.41, 5.74) is -0.163. The number of hydrogen-bond acceptors (Lipinski definition) is 5. The second kappa shape index (κ2) is 7.81. The fourth-order valence-electron chi connectivity index (χ4n) is 4.23. The van der Waals surface area contributed by atoms with Crippen molar-refractivity contribution in [2.45, 2.75) is 56.6 Å². The highest BCUT2D eigenvalue weighted by atomic mass is 32.2. The van der Waals surface area contributed by atoms with Crippen LogP contribution in [0.4, 0.5) is 4.39 Å². The molecule has 1 aliphatic carbocycles. The molecule has 0 radical (unpaired) electrons. The summed E-state index contributed by atoms with van der Waals surface area (Å²) in [4.78, 5) is 27.1. The van der Waals surface area contributed by atoms with Crippen molar-refractivity contribution in [1.82, 2.24) is 4.90 Å². The standard InChI is InChI=1S/C20H26FNO5S/c1-14(18(23)22(2)17-9-12-28(25,26)13-17)27-19(24)20(10-3-4-11-20)15-5-7-16(21)8-6-15/h5-8,14,17H,3-4,9-13H2,1-2H3/t14-,17+/m0/s1. The number of nitrogens with zero attached hydrogens (tertiary/aromatic N) is 1. The van der Waals surface area contributed by atoms with Gasteiger partial charge in [0.1, 0.15) is 5.82 Å². The lowest BCUT2D eigenvalue weighted by atomic mass is 9.79. The molecule has 1 aromatic rings. The molecule has 0 spiro atoms. The highest BCUT2D eigenvalue weighted by Gasteiger charge is 2.45. The number of benzene rings is 1. The zero-order valence-corrected chi connectivity index (χ0v) is 17.0. The number of rotatable bonds is 5. The molecule has 0 unspecified atom stereocenters. The minimum absolute atomic E-state index is 0.0601. The van der Waals surface area contributed by atoms with Crippen LogP contribution in [0, 0.1) is 5.82 Å². The van der Waals surface area contributed by atoms with Gasteiger partial charge >= 0.3 is 5.97 Å². The van der Waals surface area contributed by atoms with E-state index in [9.17, 15) is 22.4 Å². The smallest absolute Gasteiger partial charge is 0.317 e. The summed E-state index contributed by atoms with van der Waals surface area (Å²) in [5, 5.41) is 0. The zero-order valence-electron chi connectivity index (χ0n) is 16.2. The van der Waals surface area contributed by atoms with Gasteiger partial charge in [0.25, 0.3) is 5.91 Å². The molecule has 0 N–H and O–H groups in total. The molecule has 1 heterocycles. The Kier molecular flexibility index (Phi) is 5.79. The molecule has 0 bridgehead atoms. The first-order chi connectivity index (χ1) is 13.1. The highest BCUT2D eigenvalue weighted by molar-refractivity contribution is 7.91. The van der Waals surface area contributed by atoms with E-state index in [4.69, 9.17) is 4.74 Å². The Bertz CT molecular complexity index is 846. The quantitative estimate of drug-likeness (QED) is 0.694. The van der Waals surface area contributed by atoms with Crippen molar-refractivity contribution in [2.75, 3.05) is 18.6 Å². The number of amides is 1. The normalized spacial score (nSPS) is 23.9. The Morgan fingerprint density at radius 2 is 1.82 bits per heavy atom. The minimum Gasteiger partial charge on any atom is -0.452 e. The Labute approximate surface area is 165 Å². The molecule has 2 aliphatic rings. The Balaban J connectivity index is 1.71. The van der Waals surface area contributed by atoms with Crippen LogP contribution in [-0.2, 0) is 29.6 Å². The largest absolute Gasteiger partial charge is 0.452 e. The molecule has 1 aromatic carbocycles. The van der Waals surface area contributed by atoms with Crippen molar-refractivity contribution in [3.05, 3.63) is 35.6 Å². The average Bonchev–Trinajstić information content (AvgIpc) is 3.28. The van der Waals surface area contributed by atoms with E-state index in [2.05, 4.69) is 0 Å². The number of halogens is 1. The molecule has 0 aromatic heterocycles. The topological polar surface area (TPSA) is 80.8 Å². The number of esters is 1. The molecular formula is C20H26FNO5S. The van der Waals surface area contributed by atoms with Crippen LogP contribution in [0.15, 0.2) is 24.3 Å².